The Morgan fingerprint density at radius 2 is 1.70 bits per heavy atom. The summed E-state index contributed by atoms with van der Waals surface area (Å²) in [6.45, 7) is 7.01. The van der Waals surface area contributed by atoms with Crippen LogP contribution in [0.2, 0.25) is 0 Å². The highest BCUT2D eigenvalue weighted by Crippen LogP contribution is 2.24. The second-order valence-corrected chi connectivity index (χ2v) is 8.59. The van der Waals surface area contributed by atoms with E-state index in [2.05, 4.69) is 41.4 Å². The molecule has 4 aromatic rings. The van der Waals surface area contributed by atoms with Gasteiger partial charge in [-0.2, -0.15) is 4.52 Å². The van der Waals surface area contributed by atoms with Crippen molar-refractivity contribution in [2.45, 2.75) is 26.2 Å². The molecule has 1 N–H and O–H groups in total. The predicted octanol–water partition coefficient (Wildman–Crippen LogP) is 3.66. The molecular formula is C25H27N5O3. The minimum Gasteiger partial charge on any atom is -0.484 e. The van der Waals surface area contributed by atoms with E-state index in [0.717, 1.165) is 5.56 Å². The quantitative estimate of drug-likeness (QED) is 0.416. The number of nitrogens with zero attached hydrogens (tertiary/aromatic N) is 4. The van der Waals surface area contributed by atoms with Gasteiger partial charge in [-0.05, 0) is 29.2 Å². The summed E-state index contributed by atoms with van der Waals surface area (Å²) < 4.78 is 12.9. The van der Waals surface area contributed by atoms with Crippen LogP contribution in [0.5, 0.6) is 11.6 Å². The second kappa shape index (κ2) is 9.68. The van der Waals surface area contributed by atoms with E-state index < -0.39 is 0 Å². The number of benzene rings is 2. The van der Waals surface area contributed by atoms with Crippen molar-refractivity contribution in [3.8, 4) is 23.0 Å². The number of nitrogens with one attached hydrogen (secondary N) is 1. The normalized spacial score (nSPS) is 11.4. The Balaban J connectivity index is 1.24. The third-order valence-electron chi connectivity index (χ3n) is 5.03. The summed E-state index contributed by atoms with van der Waals surface area (Å²) in [6.07, 6.45) is 0. The molecule has 0 fully saturated rings. The smallest absolute Gasteiger partial charge is 0.258 e. The Hall–Kier alpha value is -3.94. The van der Waals surface area contributed by atoms with Crippen molar-refractivity contribution in [1.82, 2.24) is 25.1 Å². The van der Waals surface area contributed by atoms with Gasteiger partial charge in [0.25, 0.3) is 5.91 Å². The lowest BCUT2D eigenvalue weighted by Crippen LogP contribution is -2.32. The Labute approximate surface area is 192 Å². The lowest BCUT2D eigenvalue weighted by Gasteiger charge is -2.19. The third-order valence-corrected chi connectivity index (χ3v) is 5.03. The van der Waals surface area contributed by atoms with Crippen LogP contribution in [0.4, 0.5) is 0 Å². The average molecular weight is 446 g/mol. The zero-order valence-corrected chi connectivity index (χ0v) is 19.0. The molecule has 170 valence electrons. The SMILES string of the molecule is CC(C)(C)c1ccc(OCC(=O)NCCOc2ccc3nnc(-c4ccccc4)n3n2)cc1. The summed E-state index contributed by atoms with van der Waals surface area (Å²) in [7, 11) is 0. The molecule has 0 aliphatic carbocycles. The van der Waals surface area contributed by atoms with Gasteiger partial charge in [0.05, 0.1) is 6.54 Å². The predicted molar refractivity (Wildman–Crippen MR) is 125 cm³/mol. The molecule has 33 heavy (non-hydrogen) atoms. The fourth-order valence-corrected chi connectivity index (χ4v) is 3.21. The van der Waals surface area contributed by atoms with Gasteiger partial charge in [0.2, 0.25) is 5.88 Å². The number of aromatic nitrogens is 4. The van der Waals surface area contributed by atoms with Crippen molar-refractivity contribution in [3.05, 3.63) is 72.3 Å². The maximum absolute atomic E-state index is 12.1. The van der Waals surface area contributed by atoms with Crippen LogP contribution in [0.3, 0.4) is 0 Å². The van der Waals surface area contributed by atoms with Crippen LogP contribution >= 0.6 is 0 Å². The van der Waals surface area contributed by atoms with Crippen molar-refractivity contribution in [1.29, 1.82) is 0 Å². The molecule has 2 aromatic heterocycles. The van der Waals surface area contributed by atoms with Crippen LogP contribution in [-0.4, -0.2) is 45.5 Å². The monoisotopic (exact) mass is 445 g/mol. The van der Waals surface area contributed by atoms with Gasteiger partial charge < -0.3 is 14.8 Å². The Morgan fingerprint density at radius 3 is 2.42 bits per heavy atom. The van der Waals surface area contributed by atoms with E-state index in [0.29, 0.717) is 29.6 Å². The minimum atomic E-state index is -0.216. The molecule has 0 unspecified atom stereocenters. The van der Waals surface area contributed by atoms with Gasteiger partial charge in [-0.3, -0.25) is 4.79 Å². The molecule has 4 rings (SSSR count). The van der Waals surface area contributed by atoms with Gasteiger partial charge in [-0.1, -0.05) is 63.2 Å². The van der Waals surface area contributed by atoms with Crippen LogP contribution in [0.25, 0.3) is 17.0 Å². The average Bonchev–Trinajstić information content (AvgIpc) is 3.24. The van der Waals surface area contributed by atoms with E-state index in [1.165, 1.54) is 5.56 Å². The number of ether oxygens (including phenoxy) is 2. The highest BCUT2D eigenvalue weighted by atomic mass is 16.5. The first-order valence-electron chi connectivity index (χ1n) is 10.8. The van der Waals surface area contributed by atoms with Gasteiger partial charge in [0.1, 0.15) is 12.4 Å². The number of carbonyl (C=O) groups is 1. The molecule has 0 saturated carbocycles. The molecule has 0 aliphatic rings. The summed E-state index contributed by atoms with van der Waals surface area (Å²) in [5.74, 6) is 1.50. The molecule has 0 spiro atoms. The highest BCUT2D eigenvalue weighted by molar-refractivity contribution is 5.77. The first-order chi connectivity index (χ1) is 15.9. The highest BCUT2D eigenvalue weighted by Gasteiger charge is 2.13. The molecule has 8 heteroatoms. The first kappa shape index (κ1) is 22.3. The summed E-state index contributed by atoms with van der Waals surface area (Å²) in [5.41, 5.74) is 2.83. The van der Waals surface area contributed by atoms with Crippen LogP contribution in [-0.2, 0) is 10.2 Å². The van der Waals surface area contributed by atoms with E-state index in [1.807, 2.05) is 54.6 Å². The Kier molecular flexibility index (Phi) is 6.53. The molecule has 0 aliphatic heterocycles. The number of hydrogen-bond donors (Lipinski definition) is 1. The van der Waals surface area contributed by atoms with E-state index >= 15 is 0 Å². The summed E-state index contributed by atoms with van der Waals surface area (Å²) in [5, 5.41) is 15.6. The fraction of sp³-hybridized carbons (Fsp3) is 0.280. The van der Waals surface area contributed by atoms with Crippen LogP contribution in [0, 0.1) is 0 Å². The van der Waals surface area contributed by atoms with Crippen molar-refractivity contribution in [2.75, 3.05) is 19.8 Å². The molecule has 1 amide bonds. The van der Waals surface area contributed by atoms with E-state index in [4.69, 9.17) is 9.47 Å². The topological polar surface area (TPSA) is 90.6 Å². The molecule has 2 heterocycles. The zero-order valence-electron chi connectivity index (χ0n) is 19.0. The minimum absolute atomic E-state index is 0.0553. The van der Waals surface area contributed by atoms with Gasteiger partial charge in [0, 0.05) is 11.6 Å². The molecule has 0 radical (unpaired) electrons. The number of rotatable bonds is 8. The summed E-state index contributed by atoms with van der Waals surface area (Å²) in [4.78, 5) is 12.1. The Bertz CT molecular complexity index is 1210. The van der Waals surface area contributed by atoms with Crippen LogP contribution in [0.1, 0.15) is 26.3 Å². The van der Waals surface area contributed by atoms with Crippen LogP contribution in [0.15, 0.2) is 66.7 Å². The van der Waals surface area contributed by atoms with Gasteiger partial charge in [-0.15, -0.1) is 15.3 Å². The maximum Gasteiger partial charge on any atom is 0.258 e. The number of fused-ring (bicyclic) bond motifs is 1. The van der Waals surface area contributed by atoms with Gasteiger partial charge in [-0.25, -0.2) is 0 Å². The maximum atomic E-state index is 12.1. The largest absolute Gasteiger partial charge is 0.484 e. The van der Waals surface area contributed by atoms with Crippen molar-refractivity contribution < 1.29 is 14.3 Å². The van der Waals surface area contributed by atoms with E-state index in [-0.39, 0.29) is 24.5 Å². The second-order valence-electron chi connectivity index (χ2n) is 8.59. The van der Waals surface area contributed by atoms with Crippen molar-refractivity contribution in [2.24, 2.45) is 0 Å². The Morgan fingerprint density at radius 1 is 0.939 bits per heavy atom. The van der Waals surface area contributed by atoms with Crippen LogP contribution < -0.4 is 14.8 Å². The molecule has 0 saturated heterocycles. The molecule has 0 atom stereocenters. The van der Waals surface area contributed by atoms with Gasteiger partial charge in [0.15, 0.2) is 18.1 Å². The lowest BCUT2D eigenvalue weighted by atomic mass is 9.87. The number of carbonyl (C=O) groups excluding carboxylic acids is 1. The van der Waals surface area contributed by atoms with Crippen molar-refractivity contribution in [3.63, 3.8) is 0 Å². The summed E-state index contributed by atoms with van der Waals surface area (Å²) >= 11 is 0. The number of hydrogen-bond acceptors (Lipinski definition) is 6. The first-order valence-corrected chi connectivity index (χ1v) is 10.8. The molecule has 2 aromatic carbocycles. The molecule has 0 bridgehead atoms. The lowest BCUT2D eigenvalue weighted by molar-refractivity contribution is -0.123. The van der Waals surface area contributed by atoms with Crippen molar-refractivity contribution >= 4 is 11.6 Å². The molecule has 8 nitrogen and oxygen atoms in total. The van der Waals surface area contributed by atoms with Gasteiger partial charge >= 0.3 is 0 Å². The van der Waals surface area contributed by atoms with E-state index in [1.54, 1.807) is 16.6 Å². The number of amides is 1. The molecular weight excluding hydrogens is 418 g/mol. The zero-order chi connectivity index (χ0) is 23.3. The summed E-state index contributed by atoms with van der Waals surface area (Å²) in [6, 6.07) is 21.0. The standard InChI is InChI=1S/C25H27N5O3/c1-25(2,3)19-9-11-20(12-10-19)33-17-22(31)26-15-16-32-23-14-13-21-27-28-24(30(21)29-23)18-7-5-4-6-8-18/h4-14H,15-17H2,1-3H3,(H,26,31). The third kappa shape index (κ3) is 5.65. The fourth-order valence-electron chi connectivity index (χ4n) is 3.21. The van der Waals surface area contributed by atoms with E-state index in [9.17, 15) is 4.79 Å².